The number of hydrogen-bond donors (Lipinski definition) is 1. The molecule has 0 fully saturated rings. The van der Waals surface area contributed by atoms with Crippen LogP contribution >= 0.6 is 23.2 Å². The van der Waals surface area contributed by atoms with Crippen molar-refractivity contribution in [3.05, 3.63) is 45.7 Å². The zero-order chi connectivity index (χ0) is 15.4. The lowest BCUT2D eigenvalue weighted by molar-refractivity contribution is 0.439. The first kappa shape index (κ1) is 16.0. The van der Waals surface area contributed by atoms with Crippen molar-refractivity contribution >= 4 is 23.2 Å². The molecule has 1 heterocycles. The van der Waals surface area contributed by atoms with Gasteiger partial charge in [0.05, 0.1) is 5.02 Å². The van der Waals surface area contributed by atoms with E-state index in [1.54, 1.807) is 24.4 Å². The van der Waals surface area contributed by atoms with Gasteiger partial charge in [0.15, 0.2) is 5.75 Å². The summed E-state index contributed by atoms with van der Waals surface area (Å²) in [6, 6.07) is 5.85. The first-order valence-corrected chi connectivity index (χ1v) is 7.40. The van der Waals surface area contributed by atoms with Gasteiger partial charge in [-0.25, -0.2) is 4.98 Å². The summed E-state index contributed by atoms with van der Waals surface area (Å²) >= 11 is 12.0. The quantitative estimate of drug-likeness (QED) is 0.886. The molecule has 1 aromatic heterocycles. The summed E-state index contributed by atoms with van der Waals surface area (Å²) in [6.45, 7) is 6.83. The Hall–Kier alpha value is -1.36. The maximum atomic E-state index is 6.08. The Morgan fingerprint density at radius 1 is 1.29 bits per heavy atom. The minimum absolute atomic E-state index is 0.255. The lowest BCUT2D eigenvalue weighted by atomic mass is 10.2. The van der Waals surface area contributed by atoms with Crippen LogP contribution in [0.3, 0.4) is 0 Å². The fraction of sp³-hybridized carbons (Fsp3) is 0.333. The fourth-order valence-electron chi connectivity index (χ4n) is 1.67. The first-order chi connectivity index (χ1) is 9.97. The van der Waals surface area contributed by atoms with Crippen molar-refractivity contribution in [2.45, 2.75) is 33.4 Å². The topological polar surface area (TPSA) is 47.0 Å². The Morgan fingerprint density at radius 3 is 2.71 bits per heavy atom. The smallest absolute Gasteiger partial charge is 0.322 e. The second-order valence-electron chi connectivity index (χ2n) is 4.95. The van der Waals surface area contributed by atoms with Gasteiger partial charge in [-0.15, -0.1) is 0 Å². The molecule has 0 aliphatic heterocycles. The molecule has 0 bridgehead atoms. The highest BCUT2D eigenvalue weighted by Gasteiger charge is 2.10. The molecule has 0 amide bonds. The predicted octanol–water partition coefficient (Wildman–Crippen LogP) is 4.38. The van der Waals surface area contributed by atoms with Crippen molar-refractivity contribution in [3.63, 3.8) is 0 Å². The van der Waals surface area contributed by atoms with E-state index < -0.39 is 0 Å². The first-order valence-electron chi connectivity index (χ1n) is 6.65. The Bertz CT molecular complexity index is 632. The second-order valence-corrected chi connectivity index (χ2v) is 5.74. The van der Waals surface area contributed by atoms with E-state index in [-0.39, 0.29) is 6.01 Å². The minimum Gasteiger partial charge on any atom is -0.423 e. The highest BCUT2D eigenvalue weighted by molar-refractivity contribution is 6.42. The van der Waals surface area contributed by atoms with Crippen molar-refractivity contribution in [3.8, 4) is 11.8 Å². The average Bonchev–Trinajstić information content (AvgIpc) is 2.43. The highest BCUT2D eigenvalue weighted by atomic mass is 35.5. The number of ether oxygens (including phenoxy) is 1. The molecule has 6 heteroatoms. The number of aromatic nitrogens is 2. The molecule has 112 valence electrons. The van der Waals surface area contributed by atoms with Crippen molar-refractivity contribution in [2.24, 2.45) is 0 Å². The molecule has 0 aliphatic carbocycles. The van der Waals surface area contributed by atoms with Crippen LogP contribution in [0.25, 0.3) is 0 Å². The summed E-state index contributed by atoms with van der Waals surface area (Å²) in [5, 5.41) is 4.12. The van der Waals surface area contributed by atoms with E-state index in [0.29, 0.717) is 21.8 Å². The van der Waals surface area contributed by atoms with Crippen molar-refractivity contribution in [2.75, 3.05) is 0 Å². The van der Waals surface area contributed by atoms with E-state index in [2.05, 4.69) is 29.1 Å². The molecular weight excluding hydrogens is 309 g/mol. The van der Waals surface area contributed by atoms with Gasteiger partial charge in [0, 0.05) is 30.0 Å². The molecule has 0 radical (unpaired) electrons. The molecule has 2 rings (SSSR count). The third-order valence-electron chi connectivity index (χ3n) is 2.88. The van der Waals surface area contributed by atoms with Crippen LogP contribution in [0.15, 0.2) is 24.4 Å². The number of rotatable bonds is 5. The minimum atomic E-state index is 0.255. The molecule has 0 atom stereocenters. The van der Waals surface area contributed by atoms with Gasteiger partial charge in [0.1, 0.15) is 5.02 Å². The Balaban J connectivity index is 2.15. The Morgan fingerprint density at radius 2 is 2.05 bits per heavy atom. The number of benzene rings is 1. The fourth-order valence-corrected chi connectivity index (χ4v) is 2.00. The molecule has 0 spiro atoms. The average molecular weight is 326 g/mol. The van der Waals surface area contributed by atoms with Crippen LogP contribution in [-0.2, 0) is 6.54 Å². The predicted molar refractivity (Wildman–Crippen MR) is 85.3 cm³/mol. The largest absolute Gasteiger partial charge is 0.423 e. The second kappa shape index (κ2) is 7.07. The van der Waals surface area contributed by atoms with E-state index >= 15 is 0 Å². The van der Waals surface area contributed by atoms with Gasteiger partial charge in [-0.1, -0.05) is 43.1 Å². The molecule has 4 nitrogen and oxygen atoms in total. The van der Waals surface area contributed by atoms with Crippen LogP contribution in [0, 0.1) is 6.92 Å². The number of halogens is 2. The van der Waals surface area contributed by atoms with Crippen molar-refractivity contribution < 1.29 is 4.74 Å². The summed E-state index contributed by atoms with van der Waals surface area (Å²) in [7, 11) is 0. The zero-order valence-electron chi connectivity index (χ0n) is 12.2. The number of aryl methyl sites for hydroxylation is 1. The van der Waals surface area contributed by atoms with Crippen LogP contribution < -0.4 is 10.1 Å². The van der Waals surface area contributed by atoms with Gasteiger partial charge in [-0.3, -0.25) is 0 Å². The van der Waals surface area contributed by atoms with Crippen LogP contribution in [0.1, 0.15) is 25.1 Å². The number of nitrogens with zero attached hydrogens (tertiary/aromatic N) is 2. The van der Waals surface area contributed by atoms with Crippen molar-refractivity contribution in [1.82, 2.24) is 15.3 Å². The molecule has 2 aromatic rings. The number of hydrogen-bond acceptors (Lipinski definition) is 4. The zero-order valence-corrected chi connectivity index (χ0v) is 13.7. The summed E-state index contributed by atoms with van der Waals surface area (Å²) in [4.78, 5) is 8.55. The van der Waals surface area contributed by atoms with E-state index in [1.807, 2.05) is 6.92 Å². The Labute approximate surface area is 134 Å². The molecule has 21 heavy (non-hydrogen) atoms. The molecule has 1 N–H and O–H groups in total. The van der Waals surface area contributed by atoms with Crippen molar-refractivity contribution in [1.29, 1.82) is 0 Å². The molecular formula is C15H17Cl2N3O. The van der Waals surface area contributed by atoms with Gasteiger partial charge < -0.3 is 10.1 Å². The highest BCUT2D eigenvalue weighted by Crippen LogP contribution is 2.33. The Kier molecular flexibility index (Phi) is 5.39. The molecule has 0 aliphatic rings. The van der Waals surface area contributed by atoms with Crippen LogP contribution in [0.5, 0.6) is 11.8 Å². The monoisotopic (exact) mass is 325 g/mol. The normalized spacial score (nSPS) is 11.0. The van der Waals surface area contributed by atoms with E-state index in [4.69, 9.17) is 27.9 Å². The van der Waals surface area contributed by atoms with Gasteiger partial charge >= 0.3 is 6.01 Å². The standard InChI is InChI=1S/C15H17Cl2N3O/c1-9(2)18-7-11-8-19-15(20-10(11)3)21-13-6-4-5-12(16)14(13)17/h4-6,8-9,18H,7H2,1-3H3. The lowest BCUT2D eigenvalue weighted by Gasteiger charge is -2.11. The van der Waals surface area contributed by atoms with E-state index in [0.717, 1.165) is 17.8 Å². The van der Waals surface area contributed by atoms with E-state index in [9.17, 15) is 0 Å². The SMILES string of the molecule is Cc1nc(Oc2cccc(Cl)c2Cl)ncc1CNC(C)C. The molecule has 1 aromatic carbocycles. The van der Waals surface area contributed by atoms with Crippen LogP contribution in [-0.4, -0.2) is 16.0 Å². The van der Waals surface area contributed by atoms with Gasteiger partial charge in [0.2, 0.25) is 0 Å². The maximum absolute atomic E-state index is 6.08. The lowest BCUT2D eigenvalue weighted by Crippen LogP contribution is -2.22. The van der Waals surface area contributed by atoms with Gasteiger partial charge in [-0.2, -0.15) is 4.98 Å². The van der Waals surface area contributed by atoms with Gasteiger partial charge in [0.25, 0.3) is 0 Å². The van der Waals surface area contributed by atoms with Gasteiger partial charge in [-0.05, 0) is 19.1 Å². The summed E-state index contributed by atoms with van der Waals surface area (Å²) in [6.07, 6.45) is 1.76. The maximum Gasteiger partial charge on any atom is 0.322 e. The number of nitrogens with one attached hydrogen (secondary N) is 1. The third-order valence-corrected chi connectivity index (χ3v) is 3.68. The van der Waals surface area contributed by atoms with E-state index in [1.165, 1.54) is 0 Å². The van der Waals surface area contributed by atoms with Crippen LogP contribution in [0.4, 0.5) is 0 Å². The summed E-state index contributed by atoms with van der Waals surface area (Å²) in [5.41, 5.74) is 1.90. The molecule has 0 unspecified atom stereocenters. The summed E-state index contributed by atoms with van der Waals surface area (Å²) in [5.74, 6) is 0.441. The molecule has 0 saturated carbocycles. The third kappa shape index (κ3) is 4.30. The molecule has 0 saturated heterocycles. The van der Waals surface area contributed by atoms with Crippen LogP contribution in [0.2, 0.25) is 10.0 Å². The summed E-state index contributed by atoms with van der Waals surface area (Å²) < 4.78 is 5.59.